The molecule has 1 aliphatic rings. The highest BCUT2D eigenvalue weighted by Gasteiger charge is 2.42. The Morgan fingerprint density at radius 3 is 2.29 bits per heavy atom. The Kier molecular flexibility index (Phi) is 3.93. The van der Waals surface area contributed by atoms with Crippen molar-refractivity contribution < 1.29 is 0 Å². The van der Waals surface area contributed by atoms with Gasteiger partial charge in [0.2, 0.25) is 0 Å². The predicted molar refractivity (Wildman–Crippen MR) is 61.4 cm³/mol. The van der Waals surface area contributed by atoms with E-state index in [-0.39, 0.29) is 5.54 Å². The first-order valence-electron chi connectivity index (χ1n) is 5.75. The molecule has 0 saturated carbocycles. The number of nitrogens with zero attached hydrogens (tertiary/aromatic N) is 2. The topological polar surface area (TPSA) is 32.5 Å². The quantitative estimate of drug-likeness (QED) is 0.725. The van der Waals surface area contributed by atoms with E-state index >= 15 is 0 Å². The molecule has 84 valence electrons. The van der Waals surface area contributed by atoms with Crippen LogP contribution in [0.1, 0.15) is 27.2 Å². The Morgan fingerprint density at radius 2 is 2.00 bits per heavy atom. The van der Waals surface area contributed by atoms with Gasteiger partial charge in [-0.05, 0) is 33.5 Å². The molecular weight excluding hydrogens is 174 g/mol. The van der Waals surface area contributed by atoms with Crippen molar-refractivity contribution in [1.29, 1.82) is 0 Å². The van der Waals surface area contributed by atoms with Crippen LogP contribution in [0.25, 0.3) is 0 Å². The first-order chi connectivity index (χ1) is 6.59. The fourth-order valence-electron chi connectivity index (χ4n) is 2.79. The van der Waals surface area contributed by atoms with E-state index in [2.05, 4.69) is 37.6 Å². The van der Waals surface area contributed by atoms with Gasteiger partial charge in [-0.2, -0.15) is 0 Å². The summed E-state index contributed by atoms with van der Waals surface area (Å²) in [5.41, 5.74) is 6.21. The lowest BCUT2D eigenvalue weighted by Gasteiger charge is -2.39. The van der Waals surface area contributed by atoms with Crippen molar-refractivity contribution in [2.24, 2.45) is 5.73 Å². The van der Waals surface area contributed by atoms with Gasteiger partial charge in [0.1, 0.15) is 0 Å². The lowest BCUT2D eigenvalue weighted by molar-refractivity contribution is 0.115. The maximum absolute atomic E-state index is 5.98. The summed E-state index contributed by atoms with van der Waals surface area (Å²) < 4.78 is 0. The number of hydrogen-bond donors (Lipinski definition) is 1. The van der Waals surface area contributed by atoms with Gasteiger partial charge >= 0.3 is 0 Å². The van der Waals surface area contributed by atoms with Gasteiger partial charge in [-0.25, -0.2) is 0 Å². The van der Waals surface area contributed by atoms with Crippen LogP contribution in [0.3, 0.4) is 0 Å². The molecule has 0 bridgehead atoms. The molecule has 2 atom stereocenters. The molecule has 1 aliphatic heterocycles. The average molecular weight is 199 g/mol. The zero-order valence-electron chi connectivity index (χ0n) is 10.1. The fourth-order valence-corrected chi connectivity index (χ4v) is 2.79. The van der Waals surface area contributed by atoms with Gasteiger partial charge in [-0.15, -0.1) is 0 Å². The van der Waals surface area contributed by atoms with Crippen LogP contribution in [0.5, 0.6) is 0 Å². The normalized spacial score (nSPS) is 34.3. The van der Waals surface area contributed by atoms with E-state index in [0.717, 1.165) is 26.2 Å². The number of likely N-dealkylation sites (N-methyl/N-ethyl adjacent to an activating group) is 2. The first-order valence-corrected chi connectivity index (χ1v) is 5.75. The molecule has 2 unspecified atom stereocenters. The van der Waals surface area contributed by atoms with E-state index in [9.17, 15) is 0 Å². The highest BCUT2D eigenvalue weighted by molar-refractivity contribution is 5.01. The van der Waals surface area contributed by atoms with Crippen LogP contribution >= 0.6 is 0 Å². The van der Waals surface area contributed by atoms with Crippen LogP contribution in [0.15, 0.2) is 0 Å². The van der Waals surface area contributed by atoms with Gasteiger partial charge < -0.3 is 10.6 Å². The van der Waals surface area contributed by atoms with E-state index in [0.29, 0.717) is 6.04 Å². The van der Waals surface area contributed by atoms with Gasteiger partial charge in [0.15, 0.2) is 0 Å². The third-order valence-corrected chi connectivity index (χ3v) is 3.79. The summed E-state index contributed by atoms with van der Waals surface area (Å²) in [6, 6.07) is 0.666. The van der Waals surface area contributed by atoms with E-state index in [1.54, 1.807) is 0 Å². The molecule has 0 radical (unpaired) electrons. The highest BCUT2D eigenvalue weighted by atomic mass is 15.3. The predicted octanol–water partition coefficient (Wildman–Crippen LogP) is 0.750. The molecule has 1 saturated heterocycles. The standard InChI is InChI=1S/C11H25N3/c1-5-14(6-2)11(8-12)7-10(3)13(4)9-11/h10H,5-9,12H2,1-4H3. The minimum Gasteiger partial charge on any atom is -0.329 e. The van der Waals surface area contributed by atoms with E-state index < -0.39 is 0 Å². The zero-order valence-corrected chi connectivity index (χ0v) is 10.1. The van der Waals surface area contributed by atoms with Crippen molar-refractivity contribution in [1.82, 2.24) is 9.80 Å². The second kappa shape index (κ2) is 4.60. The molecular formula is C11H25N3. The second-order valence-corrected chi connectivity index (χ2v) is 4.57. The van der Waals surface area contributed by atoms with Crippen LogP contribution in [0.2, 0.25) is 0 Å². The summed E-state index contributed by atoms with van der Waals surface area (Å²) >= 11 is 0. The minimum atomic E-state index is 0.234. The Balaban J connectivity index is 2.77. The summed E-state index contributed by atoms with van der Waals surface area (Å²) in [6.45, 7) is 10.9. The van der Waals surface area contributed by atoms with Gasteiger partial charge in [0.25, 0.3) is 0 Å². The molecule has 1 heterocycles. The highest BCUT2D eigenvalue weighted by Crippen LogP contribution is 2.30. The van der Waals surface area contributed by atoms with E-state index in [4.69, 9.17) is 5.73 Å². The van der Waals surface area contributed by atoms with Crippen molar-refractivity contribution in [3.8, 4) is 0 Å². The number of rotatable bonds is 4. The summed E-state index contributed by atoms with van der Waals surface area (Å²) in [4.78, 5) is 4.94. The lowest BCUT2D eigenvalue weighted by atomic mass is 9.94. The Hall–Kier alpha value is -0.120. The van der Waals surface area contributed by atoms with Crippen LogP contribution in [0.4, 0.5) is 0 Å². The molecule has 0 aliphatic carbocycles. The molecule has 1 rings (SSSR count). The molecule has 3 nitrogen and oxygen atoms in total. The van der Waals surface area contributed by atoms with Crippen molar-refractivity contribution in [3.05, 3.63) is 0 Å². The molecule has 14 heavy (non-hydrogen) atoms. The molecule has 1 fully saturated rings. The molecule has 0 spiro atoms. The first kappa shape index (κ1) is 12.0. The lowest BCUT2D eigenvalue weighted by Crippen LogP contribution is -2.55. The summed E-state index contributed by atoms with van der Waals surface area (Å²) in [7, 11) is 2.20. The summed E-state index contributed by atoms with van der Waals surface area (Å²) in [6.07, 6.45) is 1.21. The molecule has 2 N–H and O–H groups in total. The third-order valence-electron chi connectivity index (χ3n) is 3.79. The van der Waals surface area contributed by atoms with Crippen molar-refractivity contribution >= 4 is 0 Å². The maximum atomic E-state index is 5.98. The molecule has 0 aromatic rings. The zero-order chi connectivity index (χ0) is 10.8. The van der Waals surface area contributed by atoms with E-state index in [1.807, 2.05) is 0 Å². The molecule has 3 heteroatoms. The van der Waals surface area contributed by atoms with E-state index in [1.165, 1.54) is 6.42 Å². The van der Waals surface area contributed by atoms with Crippen LogP contribution in [-0.2, 0) is 0 Å². The number of nitrogens with two attached hydrogens (primary N) is 1. The van der Waals surface area contributed by atoms with Gasteiger partial charge in [0.05, 0.1) is 0 Å². The number of likely N-dealkylation sites (tertiary alicyclic amines) is 1. The smallest absolute Gasteiger partial charge is 0.0472 e. The van der Waals surface area contributed by atoms with Gasteiger partial charge in [0, 0.05) is 24.7 Å². The SMILES string of the molecule is CCN(CC)C1(CN)CC(C)N(C)C1. The van der Waals surface area contributed by atoms with Gasteiger partial charge in [-0.3, -0.25) is 4.90 Å². The summed E-state index contributed by atoms with van der Waals surface area (Å²) in [5, 5.41) is 0. The van der Waals surface area contributed by atoms with Crippen molar-refractivity contribution in [3.63, 3.8) is 0 Å². The van der Waals surface area contributed by atoms with Crippen molar-refractivity contribution in [2.45, 2.75) is 38.8 Å². The van der Waals surface area contributed by atoms with Crippen molar-refractivity contribution in [2.75, 3.05) is 33.2 Å². The molecule has 0 aromatic heterocycles. The third kappa shape index (κ3) is 1.95. The number of hydrogen-bond acceptors (Lipinski definition) is 3. The monoisotopic (exact) mass is 199 g/mol. The minimum absolute atomic E-state index is 0.234. The largest absolute Gasteiger partial charge is 0.329 e. The van der Waals surface area contributed by atoms with Crippen LogP contribution in [0, 0.1) is 0 Å². The van der Waals surface area contributed by atoms with Crippen LogP contribution < -0.4 is 5.73 Å². The molecule has 0 aromatic carbocycles. The maximum Gasteiger partial charge on any atom is 0.0472 e. The Labute approximate surface area is 88.2 Å². The van der Waals surface area contributed by atoms with Gasteiger partial charge in [-0.1, -0.05) is 13.8 Å². The summed E-state index contributed by atoms with van der Waals surface area (Å²) in [5.74, 6) is 0. The Bertz CT molecular complexity index is 167. The Morgan fingerprint density at radius 1 is 1.43 bits per heavy atom. The molecule has 0 amide bonds. The average Bonchev–Trinajstić information content (AvgIpc) is 2.46. The fraction of sp³-hybridized carbons (Fsp3) is 1.00. The second-order valence-electron chi connectivity index (χ2n) is 4.57. The van der Waals surface area contributed by atoms with Crippen LogP contribution in [-0.4, -0.2) is 54.6 Å².